The number of rotatable bonds is 6. The summed E-state index contributed by atoms with van der Waals surface area (Å²) in [6, 6.07) is 13.8. The Labute approximate surface area is 176 Å². The summed E-state index contributed by atoms with van der Waals surface area (Å²) in [7, 11) is 0. The van der Waals surface area contributed by atoms with Crippen molar-refractivity contribution in [2.75, 3.05) is 11.9 Å². The molecule has 2 aromatic rings. The summed E-state index contributed by atoms with van der Waals surface area (Å²) in [5.41, 5.74) is 4.86. The Balaban J connectivity index is 1.74. The fourth-order valence-electron chi connectivity index (χ4n) is 3.12. The second kappa shape index (κ2) is 9.27. The molecule has 2 aromatic carbocycles. The lowest BCUT2D eigenvalue weighted by Gasteiger charge is -2.15. The number of nitrogens with one attached hydrogen (secondary N) is 1. The average Bonchev–Trinajstić information content (AvgIpc) is 2.95. The smallest absolute Gasteiger partial charge is 0.242 e. The van der Waals surface area contributed by atoms with Crippen LogP contribution in [0.4, 0.5) is 11.4 Å². The molecule has 2 amide bonds. The molecule has 1 atom stereocenters. The minimum atomic E-state index is -0.448. The summed E-state index contributed by atoms with van der Waals surface area (Å²) in [5, 5.41) is 3.18. The molecule has 1 N–H and O–H groups in total. The number of thioether (sulfide) groups is 1. The average molecular weight is 410 g/mol. The van der Waals surface area contributed by atoms with Crippen molar-refractivity contribution in [1.29, 1.82) is 0 Å². The van der Waals surface area contributed by atoms with Crippen molar-refractivity contribution in [1.82, 2.24) is 4.90 Å². The minimum Gasteiger partial charge on any atom is -0.326 e. The highest BCUT2D eigenvalue weighted by Gasteiger charge is 2.38. The van der Waals surface area contributed by atoms with Crippen LogP contribution in [0, 0.1) is 20.8 Å². The quantitative estimate of drug-likeness (QED) is 0.732. The number of hydrogen-bond acceptors (Lipinski definition) is 4. The van der Waals surface area contributed by atoms with E-state index in [1.54, 1.807) is 4.90 Å². The second-order valence-corrected chi connectivity index (χ2v) is 8.57. The maximum absolute atomic E-state index is 12.9. The number of anilines is 1. The first-order chi connectivity index (χ1) is 13.9. The molecule has 1 saturated heterocycles. The lowest BCUT2D eigenvalue weighted by molar-refractivity contribution is -0.128. The van der Waals surface area contributed by atoms with Gasteiger partial charge in [-0.15, -0.1) is 0 Å². The zero-order valence-electron chi connectivity index (χ0n) is 17.4. The Kier molecular flexibility index (Phi) is 6.75. The molecular formula is C23H27N3O2S. The molecule has 1 aliphatic rings. The number of amides is 2. The third kappa shape index (κ3) is 5.26. The van der Waals surface area contributed by atoms with Gasteiger partial charge in [0.1, 0.15) is 5.25 Å². The van der Waals surface area contributed by atoms with E-state index in [-0.39, 0.29) is 18.2 Å². The zero-order chi connectivity index (χ0) is 21.0. The van der Waals surface area contributed by atoms with Gasteiger partial charge in [0.2, 0.25) is 11.8 Å². The van der Waals surface area contributed by atoms with E-state index in [9.17, 15) is 9.59 Å². The van der Waals surface area contributed by atoms with Gasteiger partial charge in [0.25, 0.3) is 0 Å². The molecule has 152 valence electrons. The van der Waals surface area contributed by atoms with E-state index in [4.69, 9.17) is 0 Å². The number of aryl methyl sites for hydroxylation is 3. The number of benzene rings is 2. The standard InChI is InChI=1S/C23H27N3O2S/c1-5-12-26-22(28)20(29-23(26)24-18-10-7-15(2)8-11-18)14-21(27)25-19-13-16(3)6-9-17(19)4/h6-11,13,20H,5,12,14H2,1-4H3,(H,25,27)/t20-/m1/s1. The summed E-state index contributed by atoms with van der Waals surface area (Å²) in [6.07, 6.45) is 0.963. The van der Waals surface area contributed by atoms with Gasteiger partial charge in [-0.05, 0) is 56.5 Å². The summed E-state index contributed by atoms with van der Waals surface area (Å²) >= 11 is 1.38. The normalized spacial score (nSPS) is 17.8. The van der Waals surface area contributed by atoms with Crippen LogP contribution in [0.15, 0.2) is 47.5 Å². The predicted octanol–water partition coefficient (Wildman–Crippen LogP) is 4.98. The van der Waals surface area contributed by atoms with Crippen LogP contribution in [0.3, 0.4) is 0 Å². The maximum atomic E-state index is 12.9. The predicted molar refractivity (Wildman–Crippen MR) is 121 cm³/mol. The lowest BCUT2D eigenvalue weighted by atomic mass is 10.1. The molecule has 0 saturated carbocycles. The molecule has 6 heteroatoms. The first-order valence-corrected chi connectivity index (χ1v) is 10.8. The Morgan fingerprint density at radius 2 is 1.79 bits per heavy atom. The minimum absolute atomic E-state index is 0.0428. The number of aliphatic imine (C=N–C) groups is 1. The second-order valence-electron chi connectivity index (χ2n) is 7.40. The van der Waals surface area contributed by atoms with Crippen molar-refractivity contribution < 1.29 is 9.59 Å². The number of nitrogens with zero attached hydrogens (tertiary/aromatic N) is 2. The van der Waals surface area contributed by atoms with Crippen LogP contribution in [0.25, 0.3) is 0 Å². The first kappa shape index (κ1) is 21.1. The molecule has 0 radical (unpaired) electrons. The van der Waals surface area contributed by atoms with Gasteiger partial charge in [-0.1, -0.05) is 48.5 Å². The highest BCUT2D eigenvalue weighted by molar-refractivity contribution is 8.15. The molecule has 0 aliphatic carbocycles. The van der Waals surface area contributed by atoms with Gasteiger partial charge in [0.15, 0.2) is 5.17 Å². The van der Waals surface area contributed by atoms with E-state index in [1.165, 1.54) is 11.8 Å². The molecule has 3 rings (SSSR count). The van der Waals surface area contributed by atoms with Gasteiger partial charge < -0.3 is 5.32 Å². The molecule has 1 fully saturated rings. The number of amidine groups is 1. The Bertz CT molecular complexity index is 938. The van der Waals surface area contributed by atoms with Crippen molar-refractivity contribution in [3.8, 4) is 0 Å². The lowest BCUT2D eigenvalue weighted by Crippen LogP contribution is -2.34. The van der Waals surface area contributed by atoms with Crippen molar-refractivity contribution in [3.63, 3.8) is 0 Å². The largest absolute Gasteiger partial charge is 0.326 e. The first-order valence-electron chi connectivity index (χ1n) is 9.88. The van der Waals surface area contributed by atoms with Crippen molar-refractivity contribution >= 4 is 40.1 Å². The van der Waals surface area contributed by atoms with Crippen LogP contribution in [0.1, 0.15) is 36.5 Å². The van der Waals surface area contributed by atoms with Crippen molar-refractivity contribution in [2.24, 2.45) is 4.99 Å². The highest BCUT2D eigenvalue weighted by Crippen LogP contribution is 2.32. The van der Waals surface area contributed by atoms with Gasteiger partial charge in [-0.2, -0.15) is 0 Å². The summed E-state index contributed by atoms with van der Waals surface area (Å²) in [4.78, 5) is 31.9. The molecule has 0 spiro atoms. The summed E-state index contributed by atoms with van der Waals surface area (Å²) in [6.45, 7) is 8.61. The van der Waals surface area contributed by atoms with E-state index in [0.29, 0.717) is 11.7 Å². The SMILES string of the molecule is CCCN1C(=O)[C@@H](CC(=O)Nc2cc(C)ccc2C)SC1=Nc1ccc(C)cc1. The van der Waals surface area contributed by atoms with E-state index in [2.05, 4.69) is 10.3 Å². The van der Waals surface area contributed by atoms with E-state index in [1.807, 2.05) is 70.2 Å². The zero-order valence-corrected chi connectivity index (χ0v) is 18.2. The number of hydrogen-bond donors (Lipinski definition) is 1. The number of carbonyl (C=O) groups is 2. The van der Waals surface area contributed by atoms with Crippen LogP contribution in [-0.2, 0) is 9.59 Å². The third-order valence-electron chi connectivity index (χ3n) is 4.76. The van der Waals surface area contributed by atoms with Crippen LogP contribution in [0.2, 0.25) is 0 Å². The van der Waals surface area contributed by atoms with E-state index in [0.717, 1.165) is 34.5 Å². The monoisotopic (exact) mass is 409 g/mol. The fraction of sp³-hybridized carbons (Fsp3) is 0.348. The molecule has 5 nitrogen and oxygen atoms in total. The van der Waals surface area contributed by atoms with Gasteiger partial charge in [-0.3, -0.25) is 14.5 Å². The van der Waals surface area contributed by atoms with Gasteiger partial charge in [0, 0.05) is 18.7 Å². The van der Waals surface area contributed by atoms with Crippen LogP contribution < -0.4 is 5.32 Å². The Morgan fingerprint density at radius 3 is 2.48 bits per heavy atom. The van der Waals surface area contributed by atoms with E-state index >= 15 is 0 Å². The molecule has 1 aliphatic heterocycles. The molecular weight excluding hydrogens is 382 g/mol. The maximum Gasteiger partial charge on any atom is 0.242 e. The molecule has 0 bridgehead atoms. The fourth-order valence-corrected chi connectivity index (χ4v) is 4.31. The van der Waals surface area contributed by atoms with Crippen LogP contribution in [0.5, 0.6) is 0 Å². The van der Waals surface area contributed by atoms with Crippen molar-refractivity contribution in [3.05, 3.63) is 59.2 Å². The molecule has 0 aromatic heterocycles. The molecule has 0 unspecified atom stereocenters. The van der Waals surface area contributed by atoms with Crippen molar-refractivity contribution in [2.45, 2.75) is 45.8 Å². The summed E-state index contributed by atoms with van der Waals surface area (Å²) < 4.78 is 0. The van der Waals surface area contributed by atoms with Crippen LogP contribution >= 0.6 is 11.8 Å². The van der Waals surface area contributed by atoms with Crippen LogP contribution in [-0.4, -0.2) is 33.7 Å². The van der Waals surface area contributed by atoms with E-state index < -0.39 is 5.25 Å². The highest BCUT2D eigenvalue weighted by atomic mass is 32.2. The molecule has 29 heavy (non-hydrogen) atoms. The van der Waals surface area contributed by atoms with Gasteiger partial charge in [0.05, 0.1) is 5.69 Å². The van der Waals surface area contributed by atoms with Gasteiger partial charge >= 0.3 is 0 Å². The third-order valence-corrected chi connectivity index (χ3v) is 5.94. The Hall–Kier alpha value is -2.60. The Morgan fingerprint density at radius 1 is 1.10 bits per heavy atom. The van der Waals surface area contributed by atoms with Gasteiger partial charge in [-0.25, -0.2) is 4.99 Å². The molecule has 1 heterocycles. The number of carbonyl (C=O) groups excluding carboxylic acids is 2. The summed E-state index contributed by atoms with van der Waals surface area (Å²) in [5.74, 6) is -0.198. The topological polar surface area (TPSA) is 61.8 Å².